The lowest BCUT2D eigenvalue weighted by Gasteiger charge is -2.12. The van der Waals surface area contributed by atoms with Crippen LogP contribution in [-0.4, -0.2) is 10.6 Å². The minimum absolute atomic E-state index is 0.254. The second-order valence-corrected chi connectivity index (χ2v) is 3.47. The third kappa shape index (κ3) is 3.69. The van der Waals surface area contributed by atoms with E-state index in [1.807, 2.05) is 0 Å². The first-order valence-corrected chi connectivity index (χ1v) is 4.34. The summed E-state index contributed by atoms with van der Waals surface area (Å²) in [5.74, 6) is 0. The van der Waals surface area contributed by atoms with E-state index in [1.54, 1.807) is 18.2 Å². The molecule has 0 aliphatic heterocycles. The fourth-order valence-electron chi connectivity index (χ4n) is 0.812. The van der Waals surface area contributed by atoms with E-state index < -0.39 is 22.7 Å². The van der Waals surface area contributed by atoms with Gasteiger partial charge in [0.1, 0.15) is 5.44 Å². The van der Waals surface area contributed by atoms with Crippen LogP contribution >= 0.6 is 11.8 Å². The predicted octanol–water partition coefficient (Wildman–Crippen LogP) is 2.93. The largest absolute Gasteiger partial charge is 0.444 e. The Balaban J connectivity index is 2.64. The van der Waals surface area contributed by atoms with Crippen molar-refractivity contribution in [1.29, 1.82) is 0 Å². The number of halogens is 3. The molecule has 1 N–H and O–H groups in total. The summed E-state index contributed by atoms with van der Waals surface area (Å²) in [7, 11) is 0. The quantitative estimate of drug-likeness (QED) is 0.754. The van der Waals surface area contributed by atoms with E-state index in [4.69, 9.17) is 5.11 Å². The van der Waals surface area contributed by atoms with Crippen LogP contribution < -0.4 is 0 Å². The van der Waals surface area contributed by atoms with Gasteiger partial charge in [-0.3, -0.25) is 0 Å². The average Bonchev–Trinajstić information content (AvgIpc) is 2.03. The monoisotopic (exact) mass is 208 g/mol. The lowest BCUT2D eigenvalue weighted by atomic mass is 10.2. The molecule has 0 aliphatic rings. The molecule has 0 spiro atoms. The predicted molar refractivity (Wildman–Crippen MR) is 45.0 cm³/mol. The van der Waals surface area contributed by atoms with Crippen molar-refractivity contribution in [1.82, 2.24) is 0 Å². The summed E-state index contributed by atoms with van der Waals surface area (Å²) < 4.78 is 35.4. The summed E-state index contributed by atoms with van der Waals surface area (Å²) in [6.07, 6.45) is 0. The molecule has 0 amide bonds. The van der Waals surface area contributed by atoms with Crippen molar-refractivity contribution in [3.63, 3.8) is 0 Å². The summed E-state index contributed by atoms with van der Waals surface area (Å²) in [5, 5.41) is 9.10. The van der Waals surface area contributed by atoms with Gasteiger partial charge in [-0.05, 0) is 17.3 Å². The van der Waals surface area contributed by atoms with E-state index in [-0.39, 0.29) is 5.56 Å². The van der Waals surface area contributed by atoms with E-state index in [1.165, 1.54) is 12.1 Å². The Bertz CT molecular complexity index is 260. The number of rotatable bonds is 2. The van der Waals surface area contributed by atoms with Crippen molar-refractivity contribution in [3.8, 4) is 0 Å². The van der Waals surface area contributed by atoms with E-state index in [9.17, 15) is 13.2 Å². The highest BCUT2D eigenvalue weighted by Gasteiger charge is 2.32. The van der Waals surface area contributed by atoms with Crippen LogP contribution in [-0.2, 0) is 0 Å². The zero-order valence-electron chi connectivity index (χ0n) is 6.45. The third-order valence-corrected chi connectivity index (χ3v) is 2.09. The molecule has 0 radical (unpaired) electrons. The second-order valence-electron chi connectivity index (χ2n) is 2.33. The van der Waals surface area contributed by atoms with Crippen molar-refractivity contribution in [2.75, 3.05) is 0 Å². The van der Waals surface area contributed by atoms with Crippen LogP contribution in [0.4, 0.5) is 13.2 Å². The molecule has 1 atom stereocenters. The number of aliphatic hydroxyl groups is 1. The maximum atomic E-state index is 11.8. The molecule has 0 fully saturated rings. The van der Waals surface area contributed by atoms with E-state index >= 15 is 0 Å². The van der Waals surface area contributed by atoms with E-state index in [0.717, 1.165) is 0 Å². The molecule has 0 bridgehead atoms. The molecule has 0 saturated heterocycles. The smallest absolute Gasteiger partial charge is 0.378 e. The van der Waals surface area contributed by atoms with Crippen molar-refractivity contribution in [2.24, 2.45) is 0 Å². The van der Waals surface area contributed by atoms with Gasteiger partial charge in [-0.1, -0.05) is 30.3 Å². The Morgan fingerprint density at radius 2 is 1.69 bits per heavy atom. The van der Waals surface area contributed by atoms with Crippen molar-refractivity contribution in [3.05, 3.63) is 35.9 Å². The number of alkyl halides is 3. The molecular weight excluding hydrogens is 201 g/mol. The standard InChI is InChI=1S/C8H7F3OS/c9-8(10,11)13-7(12)6-4-2-1-3-5-6/h1-5,7,12H. The van der Waals surface area contributed by atoms with Gasteiger partial charge < -0.3 is 5.11 Å². The molecule has 0 aliphatic carbocycles. The van der Waals surface area contributed by atoms with Gasteiger partial charge in [0.25, 0.3) is 0 Å². The van der Waals surface area contributed by atoms with Gasteiger partial charge in [0.15, 0.2) is 0 Å². The van der Waals surface area contributed by atoms with Crippen molar-refractivity contribution < 1.29 is 18.3 Å². The van der Waals surface area contributed by atoms with Gasteiger partial charge in [-0.2, -0.15) is 13.2 Å². The summed E-state index contributed by atoms with van der Waals surface area (Å²) in [6.45, 7) is 0. The first kappa shape index (κ1) is 10.4. The molecule has 0 saturated carbocycles. The first-order valence-electron chi connectivity index (χ1n) is 3.46. The molecule has 1 nitrogen and oxygen atoms in total. The van der Waals surface area contributed by atoms with Crippen LogP contribution in [0.15, 0.2) is 30.3 Å². The van der Waals surface area contributed by atoms with Crippen LogP contribution in [0.2, 0.25) is 0 Å². The summed E-state index contributed by atoms with van der Waals surface area (Å²) in [5.41, 5.74) is -5.69. The molecule has 1 unspecified atom stereocenters. The lowest BCUT2D eigenvalue weighted by Crippen LogP contribution is -2.05. The van der Waals surface area contributed by atoms with Crippen molar-refractivity contribution in [2.45, 2.75) is 10.9 Å². The SMILES string of the molecule is OC(SC(F)(F)F)c1ccccc1. The van der Waals surface area contributed by atoms with Crippen molar-refractivity contribution >= 4 is 11.8 Å². The van der Waals surface area contributed by atoms with Gasteiger partial charge in [0.2, 0.25) is 0 Å². The third-order valence-electron chi connectivity index (χ3n) is 1.33. The number of hydrogen-bond acceptors (Lipinski definition) is 2. The fraction of sp³-hybridized carbons (Fsp3) is 0.250. The maximum Gasteiger partial charge on any atom is 0.444 e. The van der Waals surface area contributed by atoms with E-state index in [2.05, 4.69) is 0 Å². The Morgan fingerprint density at radius 1 is 1.15 bits per heavy atom. The minimum atomic E-state index is -4.41. The Hall–Kier alpha value is -0.680. The molecule has 0 heterocycles. The van der Waals surface area contributed by atoms with Gasteiger partial charge in [0.05, 0.1) is 0 Å². The second kappa shape index (κ2) is 4.02. The van der Waals surface area contributed by atoms with Crippen LogP contribution in [0.25, 0.3) is 0 Å². The first-order chi connectivity index (χ1) is 5.99. The van der Waals surface area contributed by atoms with Crippen LogP contribution in [0, 0.1) is 0 Å². The number of benzene rings is 1. The Kier molecular flexibility index (Phi) is 3.22. The highest BCUT2D eigenvalue weighted by Crippen LogP contribution is 2.40. The maximum absolute atomic E-state index is 11.8. The average molecular weight is 208 g/mol. The highest BCUT2D eigenvalue weighted by atomic mass is 32.2. The molecular formula is C8H7F3OS. The molecule has 1 aromatic carbocycles. The minimum Gasteiger partial charge on any atom is -0.378 e. The van der Waals surface area contributed by atoms with Gasteiger partial charge in [-0.25, -0.2) is 0 Å². The van der Waals surface area contributed by atoms with Crippen LogP contribution in [0.1, 0.15) is 11.0 Å². The van der Waals surface area contributed by atoms with Gasteiger partial charge >= 0.3 is 5.51 Å². The lowest BCUT2D eigenvalue weighted by molar-refractivity contribution is -0.0354. The molecule has 1 rings (SSSR count). The molecule has 72 valence electrons. The number of aliphatic hydroxyl groups excluding tert-OH is 1. The summed E-state index contributed by atoms with van der Waals surface area (Å²) in [4.78, 5) is 0. The molecule has 1 aromatic rings. The van der Waals surface area contributed by atoms with E-state index in [0.29, 0.717) is 0 Å². The van der Waals surface area contributed by atoms with Gasteiger partial charge in [-0.15, -0.1) is 0 Å². The number of hydrogen-bond donors (Lipinski definition) is 1. The number of thioether (sulfide) groups is 1. The molecule has 5 heteroatoms. The normalized spacial score (nSPS) is 14.2. The van der Waals surface area contributed by atoms with Gasteiger partial charge in [0, 0.05) is 0 Å². The topological polar surface area (TPSA) is 20.2 Å². The Morgan fingerprint density at radius 3 is 2.15 bits per heavy atom. The van der Waals surface area contributed by atoms with Crippen LogP contribution in [0.3, 0.4) is 0 Å². The Labute approximate surface area is 77.6 Å². The summed E-state index contributed by atoms with van der Waals surface area (Å²) >= 11 is -0.435. The molecule has 13 heavy (non-hydrogen) atoms. The van der Waals surface area contributed by atoms with Crippen LogP contribution in [0.5, 0.6) is 0 Å². The fourth-order valence-corrected chi connectivity index (χ4v) is 1.36. The highest BCUT2D eigenvalue weighted by molar-refractivity contribution is 8.00. The zero-order valence-corrected chi connectivity index (χ0v) is 7.27. The summed E-state index contributed by atoms with van der Waals surface area (Å²) in [6, 6.07) is 7.73. The molecule has 0 aromatic heterocycles. The zero-order chi connectivity index (χ0) is 9.90.